The summed E-state index contributed by atoms with van der Waals surface area (Å²) in [4.78, 5) is 6.30. The number of rotatable bonds is 6. The van der Waals surface area contributed by atoms with Gasteiger partial charge in [0.25, 0.3) is 0 Å². The first-order valence-electron chi connectivity index (χ1n) is 5.45. The van der Waals surface area contributed by atoms with Gasteiger partial charge in [0, 0.05) is 50.5 Å². The van der Waals surface area contributed by atoms with E-state index in [1.54, 1.807) is 13.3 Å². The van der Waals surface area contributed by atoms with Crippen molar-refractivity contribution in [2.75, 3.05) is 32.2 Å². The summed E-state index contributed by atoms with van der Waals surface area (Å²) >= 11 is 0. The zero-order valence-electron chi connectivity index (χ0n) is 10.2. The molecular weight excluding hydrogens is 204 g/mol. The maximum absolute atomic E-state index is 9.24. The Morgan fingerprint density at radius 1 is 1.50 bits per heavy atom. The Morgan fingerprint density at radius 3 is 2.88 bits per heavy atom. The van der Waals surface area contributed by atoms with Crippen molar-refractivity contribution >= 4 is 5.69 Å². The van der Waals surface area contributed by atoms with Gasteiger partial charge in [-0.1, -0.05) is 0 Å². The van der Waals surface area contributed by atoms with E-state index in [2.05, 4.69) is 9.88 Å². The molecule has 4 heteroatoms. The molecule has 0 bridgehead atoms. The molecule has 90 valence electrons. The molecule has 0 aliphatic carbocycles. The van der Waals surface area contributed by atoms with Crippen LogP contribution < -0.4 is 4.90 Å². The minimum absolute atomic E-state index is 0.0250. The highest BCUT2D eigenvalue weighted by atomic mass is 16.5. The number of hydrogen-bond donors (Lipinski definition) is 1. The zero-order valence-corrected chi connectivity index (χ0v) is 10.2. The van der Waals surface area contributed by atoms with Crippen LogP contribution >= 0.6 is 0 Å². The Bertz CT molecular complexity index is 329. The van der Waals surface area contributed by atoms with Crippen LogP contribution in [0.2, 0.25) is 0 Å². The van der Waals surface area contributed by atoms with E-state index in [1.165, 1.54) is 0 Å². The van der Waals surface area contributed by atoms with Gasteiger partial charge in [-0.15, -0.1) is 0 Å². The summed E-state index contributed by atoms with van der Waals surface area (Å²) < 4.78 is 5.02. The van der Waals surface area contributed by atoms with Crippen LogP contribution in [0.4, 0.5) is 5.69 Å². The quantitative estimate of drug-likeness (QED) is 0.741. The average Bonchev–Trinajstić information content (AvgIpc) is 2.29. The monoisotopic (exact) mass is 224 g/mol. The largest absolute Gasteiger partial charge is 0.392 e. The number of anilines is 1. The molecule has 0 fully saturated rings. The van der Waals surface area contributed by atoms with E-state index in [4.69, 9.17) is 4.74 Å². The summed E-state index contributed by atoms with van der Waals surface area (Å²) in [6, 6.07) is 2.00. The van der Waals surface area contributed by atoms with Gasteiger partial charge in [0.2, 0.25) is 0 Å². The van der Waals surface area contributed by atoms with Crippen LogP contribution in [0.5, 0.6) is 0 Å². The number of nitrogens with zero attached hydrogens (tertiary/aromatic N) is 2. The number of ether oxygens (including phenoxy) is 1. The Morgan fingerprint density at radius 2 is 2.25 bits per heavy atom. The minimum atomic E-state index is 0.0250. The lowest BCUT2D eigenvalue weighted by Gasteiger charge is -2.22. The van der Waals surface area contributed by atoms with Gasteiger partial charge in [0.1, 0.15) is 0 Å². The van der Waals surface area contributed by atoms with E-state index >= 15 is 0 Å². The minimum Gasteiger partial charge on any atom is -0.392 e. The summed E-state index contributed by atoms with van der Waals surface area (Å²) in [6.45, 7) is 3.64. The summed E-state index contributed by atoms with van der Waals surface area (Å²) in [6.07, 6.45) is 2.71. The van der Waals surface area contributed by atoms with E-state index in [0.29, 0.717) is 0 Å². The molecule has 0 aromatic carbocycles. The third-order valence-corrected chi connectivity index (χ3v) is 2.52. The predicted octanol–water partition coefficient (Wildman–Crippen LogP) is 1.36. The van der Waals surface area contributed by atoms with Crippen LogP contribution in [-0.2, 0) is 11.3 Å². The van der Waals surface area contributed by atoms with Gasteiger partial charge in [-0.2, -0.15) is 0 Å². The van der Waals surface area contributed by atoms with Gasteiger partial charge < -0.3 is 14.7 Å². The summed E-state index contributed by atoms with van der Waals surface area (Å²) in [7, 11) is 3.72. The van der Waals surface area contributed by atoms with E-state index < -0.39 is 0 Å². The Balaban J connectivity index is 2.72. The van der Waals surface area contributed by atoms with Crippen molar-refractivity contribution in [2.45, 2.75) is 20.0 Å². The molecule has 4 nitrogen and oxygen atoms in total. The number of hydrogen-bond acceptors (Lipinski definition) is 4. The molecule has 1 aromatic heterocycles. The Kier molecular flexibility index (Phi) is 5.22. The number of aryl methyl sites for hydroxylation is 1. The third kappa shape index (κ3) is 3.47. The van der Waals surface area contributed by atoms with Crippen LogP contribution in [0.15, 0.2) is 12.3 Å². The molecule has 16 heavy (non-hydrogen) atoms. The highest BCUT2D eigenvalue weighted by molar-refractivity contribution is 5.52. The molecule has 1 aromatic rings. The van der Waals surface area contributed by atoms with Crippen molar-refractivity contribution in [3.8, 4) is 0 Å². The van der Waals surface area contributed by atoms with Crippen LogP contribution in [0, 0.1) is 6.92 Å². The van der Waals surface area contributed by atoms with Crippen molar-refractivity contribution in [1.29, 1.82) is 0 Å². The Hall–Kier alpha value is -1.13. The lowest BCUT2D eigenvalue weighted by atomic mass is 10.2. The second-order valence-electron chi connectivity index (χ2n) is 3.88. The maximum atomic E-state index is 9.24. The molecular formula is C12H20N2O2. The smallest absolute Gasteiger partial charge is 0.0717 e. The SMILES string of the molecule is COCCCN(C)c1cc(C)ncc1CO. The van der Waals surface area contributed by atoms with E-state index in [1.807, 2.05) is 20.0 Å². The van der Waals surface area contributed by atoms with E-state index in [0.717, 1.165) is 36.5 Å². The fourth-order valence-electron chi connectivity index (χ4n) is 1.62. The van der Waals surface area contributed by atoms with Crippen molar-refractivity contribution in [3.05, 3.63) is 23.5 Å². The van der Waals surface area contributed by atoms with Crippen LogP contribution in [0.25, 0.3) is 0 Å². The lowest BCUT2D eigenvalue weighted by molar-refractivity contribution is 0.196. The first-order chi connectivity index (χ1) is 7.69. The zero-order chi connectivity index (χ0) is 12.0. The first-order valence-corrected chi connectivity index (χ1v) is 5.45. The van der Waals surface area contributed by atoms with Crippen LogP contribution in [-0.4, -0.2) is 37.4 Å². The molecule has 0 unspecified atom stereocenters. The van der Waals surface area contributed by atoms with Gasteiger partial charge in [0.05, 0.1) is 6.61 Å². The van der Waals surface area contributed by atoms with Crippen molar-refractivity contribution in [1.82, 2.24) is 4.98 Å². The van der Waals surface area contributed by atoms with Gasteiger partial charge >= 0.3 is 0 Å². The molecule has 1 heterocycles. The van der Waals surface area contributed by atoms with Gasteiger partial charge in [-0.05, 0) is 19.4 Å². The number of aliphatic hydroxyl groups excluding tert-OH is 1. The fraction of sp³-hybridized carbons (Fsp3) is 0.583. The summed E-state index contributed by atoms with van der Waals surface area (Å²) in [5, 5.41) is 9.24. The second-order valence-corrected chi connectivity index (χ2v) is 3.88. The predicted molar refractivity (Wildman–Crippen MR) is 64.7 cm³/mol. The number of pyridine rings is 1. The second kappa shape index (κ2) is 6.45. The Labute approximate surface area is 96.9 Å². The van der Waals surface area contributed by atoms with Gasteiger partial charge in [-0.3, -0.25) is 4.98 Å². The van der Waals surface area contributed by atoms with Gasteiger partial charge in [-0.25, -0.2) is 0 Å². The van der Waals surface area contributed by atoms with Crippen molar-refractivity contribution in [2.24, 2.45) is 0 Å². The normalized spacial score (nSPS) is 10.5. The molecule has 0 saturated heterocycles. The van der Waals surface area contributed by atoms with Gasteiger partial charge in [0.15, 0.2) is 0 Å². The number of methoxy groups -OCH3 is 1. The summed E-state index contributed by atoms with van der Waals surface area (Å²) in [5.41, 5.74) is 2.88. The molecule has 0 radical (unpaired) electrons. The number of aromatic nitrogens is 1. The molecule has 0 amide bonds. The average molecular weight is 224 g/mol. The van der Waals surface area contributed by atoms with Crippen LogP contribution in [0.1, 0.15) is 17.7 Å². The topological polar surface area (TPSA) is 45.6 Å². The van der Waals surface area contributed by atoms with Crippen molar-refractivity contribution in [3.63, 3.8) is 0 Å². The molecule has 0 aliphatic rings. The highest BCUT2D eigenvalue weighted by Gasteiger charge is 2.07. The third-order valence-electron chi connectivity index (χ3n) is 2.52. The molecule has 0 aliphatic heterocycles. The van der Waals surface area contributed by atoms with Crippen molar-refractivity contribution < 1.29 is 9.84 Å². The number of aliphatic hydroxyl groups is 1. The molecule has 1 N–H and O–H groups in total. The maximum Gasteiger partial charge on any atom is 0.0717 e. The lowest BCUT2D eigenvalue weighted by Crippen LogP contribution is -2.21. The van der Waals surface area contributed by atoms with E-state index in [-0.39, 0.29) is 6.61 Å². The summed E-state index contributed by atoms with van der Waals surface area (Å²) in [5.74, 6) is 0. The molecule has 0 saturated carbocycles. The molecule has 0 spiro atoms. The first kappa shape index (κ1) is 12.9. The fourth-order valence-corrected chi connectivity index (χ4v) is 1.62. The van der Waals surface area contributed by atoms with Crippen LogP contribution in [0.3, 0.4) is 0 Å². The standard InChI is InChI=1S/C12H20N2O2/c1-10-7-12(11(9-15)8-13-10)14(2)5-4-6-16-3/h7-8,15H,4-6,9H2,1-3H3. The van der Waals surface area contributed by atoms with E-state index in [9.17, 15) is 5.11 Å². The molecule has 1 rings (SSSR count). The molecule has 0 atom stereocenters. The highest BCUT2D eigenvalue weighted by Crippen LogP contribution is 2.19.